The van der Waals surface area contributed by atoms with Crippen LogP contribution in [-0.4, -0.2) is 23.3 Å². The van der Waals surface area contributed by atoms with Crippen LogP contribution in [0.4, 0.5) is 4.39 Å². The quantitative estimate of drug-likeness (QED) is 0.797. The molecular weight excluding hydrogens is 295 g/mol. The molecule has 5 nitrogen and oxygen atoms in total. The molecule has 0 aliphatic rings. The predicted molar refractivity (Wildman–Crippen MR) is 58.7 cm³/mol. The highest BCUT2D eigenvalue weighted by Crippen LogP contribution is 2.27. The first-order chi connectivity index (χ1) is 8.11. The van der Waals surface area contributed by atoms with Crippen molar-refractivity contribution < 1.29 is 18.3 Å². The maximum absolute atomic E-state index is 13.1. The number of esters is 1. The molecule has 1 aromatic heterocycles. The Balaban J connectivity index is 2.43. The fourth-order valence-electron chi connectivity index (χ4n) is 1.16. The van der Waals surface area contributed by atoms with Crippen LogP contribution in [0.2, 0.25) is 0 Å². The number of hydrogen-bond acceptors (Lipinski definition) is 5. The molecule has 0 unspecified atom stereocenters. The van der Waals surface area contributed by atoms with Gasteiger partial charge in [0.15, 0.2) is 0 Å². The molecule has 0 aliphatic heterocycles. The number of methoxy groups -OCH3 is 1. The SMILES string of the molecule is COC(=O)c1nnc(-c2cc(F)ccc2Br)o1. The summed E-state index contributed by atoms with van der Waals surface area (Å²) in [6, 6.07) is 4.01. The van der Waals surface area contributed by atoms with E-state index in [0.29, 0.717) is 10.0 Å². The van der Waals surface area contributed by atoms with E-state index < -0.39 is 11.8 Å². The lowest BCUT2D eigenvalue weighted by molar-refractivity contribution is 0.0556. The average Bonchev–Trinajstić information content (AvgIpc) is 2.80. The minimum Gasteiger partial charge on any atom is -0.462 e. The zero-order valence-corrected chi connectivity index (χ0v) is 10.2. The molecule has 0 amide bonds. The van der Waals surface area contributed by atoms with Gasteiger partial charge in [0.1, 0.15) is 5.82 Å². The Kier molecular flexibility index (Phi) is 3.19. The molecule has 0 radical (unpaired) electrons. The summed E-state index contributed by atoms with van der Waals surface area (Å²) in [6.07, 6.45) is 0. The summed E-state index contributed by atoms with van der Waals surface area (Å²) in [5.74, 6) is -1.42. The van der Waals surface area contributed by atoms with Crippen LogP contribution in [0.25, 0.3) is 11.5 Å². The van der Waals surface area contributed by atoms with Gasteiger partial charge in [0.2, 0.25) is 5.89 Å². The third kappa shape index (κ3) is 2.33. The molecule has 0 N–H and O–H groups in total. The molecule has 7 heteroatoms. The maximum Gasteiger partial charge on any atom is 0.396 e. The number of aromatic nitrogens is 2. The van der Waals surface area contributed by atoms with Crippen molar-refractivity contribution in [3.8, 4) is 11.5 Å². The lowest BCUT2D eigenvalue weighted by atomic mass is 10.2. The van der Waals surface area contributed by atoms with Gasteiger partial charge in [-0.15, -0.1) is 10.2 Å². The first-order valence-corrected chi connectivity index (χ1v) is 5.28. The molecule has 1 heterocycles. The van der Waals surface area contributed by atoms with E-state index in [1.807, 2.05) is 0 Å². The van der Waals surface area contributed by atoms with E-state index in [-0.39, 0.29) is 11.8 Å². The molecule has 0 bridgehead atoms. The molecule has 0 atom stereocenters. The van der Waals surface area contributed by atoms with Crippen molar-refractivity contribution in [2.45, 2.75) is 0 Å². The molecule has 0 aliphatic carbocycles. The smallest absolute Gasteiger partial charge is 0.396 e. The molecule has 2 aromatic rings. The van der Waals surface area contributed by atoms with Crippen molar-refractivity contribution in [3.63, 3.8) is 0 Å². The number of carbonyl (C=O) groups excluding carboxylic acids is 1. The van der Waals surface area contributed by atoms with Gasteiger partial charge >= 0.3 is 11.9 Å². The maximum atomic E-state index is 13.1. The van der Waals surface area contributed by atoms with Crippen LogP contribution < -0.4 is 0 Å². The second kappa shape index (κ2) is 4.62. The van der Waals surface area contributed by atoms with Gasteiger partial charge in [-0.2, -0.15) is 0 Å². The zero-order valence-electron chi connectivity index (χ0n) is 8.61. The van der Waals surface area contributed by atoms with Gasteiger partial charge in [-0.3, -0.25) is 0 Å². The van der Waals surface area contributed by atoms with Crippen molar-refractivity contribution in [2.75, 3.05) is 7.11 Å². The summed E-state index contributed by atoms with van der Waals surface area (Å²) < 4.78 is 23.1. The normalized spacial score (nSPS) is 10.3. The first kappa shape index (κ1) is 11.7. The molecule has 1 aromatic carbocycles. The Morgan fingerprint density at radius 1 is 1.47 bits per heavy atom. The van der Waals surface area contributed by atoms with Crippen molar-refractivity contribution in [3.05, 3.63) is 34.4 Å². The molecule has 0 saturated carbocycles. The van der Waals surface area contributed by atoms with E-state index >= 15 is 0 Å². The van der Waals surface area contributed by atoms with Crippen LogP contribution in [0, 0.1) is 5.82 Å². The minimum absolute atomic E-state index is 0.0387. The summed E-state index contributed by atoms with van der Waals surface area (Å²) >= 11 is 3.22. The molecule has 17 heavy (non-hydrogen) atoms. The lowest BCUT2D eigenvalue weighted by Crippen LogP contribution is -2.00. The zero-order chi connectivity index (χ0) is 12.4. The largest absolute Gasteiger partial charge is 0.462 e. The van der Waals surface area contributed by atoms with Gasteiger partial charge in [0.05, 0.1) is 12.7 Å². The van der Waals surface area contributed by atoms with E-state index in [1.165, 1.54) is 25.3 Å². The molecule has 88 valence electrons. The summed E-state index contributed by atoms with van der Waals surface area (Å²) in [5.41, 5.74) is 0.368. The van der Waals surface area contributed by atoms with Gasteiger partial charge in [-0.25, -0.2) is 9.18 Å². The second-order valence-electron chi connectivity index (χ2n) is 3.03. The molecular formula is C10H6BrFN2O3. The van der Waals surface area contributed by atoms with Gasteiger partial charge in [0, 0.05) is 4.47 Å². The first-order valence-electron chi connectivity index (χ1n) is 4.49. The van der Waals surface area contributed by atoms with Crippen LogP contribution in [0.3, 0.4) is 0 Å². The van der Waals surface area contributed by atoms with Crippen LogP contribution in [0.5, 0.6) is 0 Å². The fourth-order valence-corrected chi connectivity index (χ4v) is 1.58. The van der Waals surface area contributed by atoms with Crippen molar-refractivity contribution >= 4 is 21.9 Å². The Morgan fingerprint density at radius 2 is 2.24 bits per heavy atom. The second-order valence-corrected chi connectivity index (χ2v) is 3.88. The van der Waals surface area contributed by atoms with E-state index in [2.05, 4.69) is 30.9 Å². The van der Waals surface area contributed by atoms with E-state index in [4.69, 9.17) is 4.42 Å². The third-order valence-electron chi connectivity index (χ3n) is 1.94. The van der Waals surface area contributed by atoms with Crippen molar-refractivity contribution in [1.82, 2.24) is 10.2 Å². The van der Waals surface area contributed by atoms with E-state index in [0.717, 1.165) is 0 Å². The number of rotatable bonds is 2. The lowest BCUT2D eigenvalue weighted by Gasteiger charge is -1.98. The van der Waals surface area contributed by atoms with Crippen LogP contribution in [0.15, 0.2) is 27.1 Å². The van der Waals surface area contributed by atoms with Crippen LogP contribution >= 0.6 is 15.9 Å². The van der Waals surface area contributed by atoms with Gasteiger partial charge < -0.3 is 9.15 Å². The monoisotopic (exact) mass is 300 g/mol. The highest BCUT2D eigenvalue weighted by atomic mass is 79.9. The van der Waals surface area contributed by atoms with Gasteiger partial charge in [0.25, 0.3) is 0 Å². The molecule has 0 saturated heterocycles. The number of hydrogen-bond donors (Lipinski definition) is 0. The number of carbonyl (C=O) groups is 1. The molecule has 0 fully saturated rings. The predicted octanol–water partition coefficient (Wildman–Crippen LogP) is 2.42. The number of ether oxygens (including phenoxy) is 1. The van der Waals surface area contributed by atoms with E-state index in [9.17, 15) is 9.18 Å². The van der Waals surface area contributed by atoms with Crippen molar-refractivity contribution in [2.24, 2.45) is 0 Å². The van der Waals surface area contributed by atoms with E-state index in [1.54, 1.807) is 0 Å². The number of benzene rings is 1. The molecule has 0 spiro atoms. The average molecular weight is 301 g/mol. The Bertz CT molecular complexity index is 570. The Labute approximate surface area is 104 Å². The standard InChI is InChI=1S/C10H6BrFN2O3/c1-16-10(15)9-14-13-8(17-9)6-4-5(12)2-3-7(6)11/h2-4H,1H3. The minimum atomic E-state index is -0.740. The molecule has 2 rings (SSSR count). The summed E-state index contributed by atoms with van der Waals surface area (Å²) in [5, 5.41) is 7.14. The third-order valence-corrected chi connectivity index (χ3v) is 2.64. The number of halogens is 2. The van der Waals surface area contributed by atoms with Crippen molar-refractivity contribution in [1.29, 1.82) is 0 Å². The summed E-state index contributed by atoms with van der Waals surface area (Å²) in [4.78, 5) is 11.1. The summed E-state index contributed by atoms with van der Waals surface area (Å²) in [7, 11) is 1.20. The Morgan fingerprint density at radius 3 is 2.94 bits per heavy atom. The topological polar surface area (TPSA) is 65.2 Å². The highest BCUT2D eigenvalue weighted by molar-refractivity contribution is 9.10. The van der Waals surface area contributed by atoms with Crippen LogP contribution in [0.1, 0.15) is 10.7 Å². The fraction of sp³-hybridized carbons (Fsp3) is 0.100. The summed E-state index contributed by atoms with van der Waals surface area (Å²) in [6.45, 7) is 0. The number of nitrogens with zero attached hydrogens (tertiary/aromatic N) is 2. The van der Waals surface area contributed by atoms with Gasteiger partial charge in [-0.1, -0.05) is 0 Å². The Hall–Kier alpha value is -1.76. The van der Waals surface area contributed by atoms with Crippen LogP contribution in [-0.2, 0) is 4.74 Å². The van der Waals surface area contributed by atoms with Gasteiger partial charge in [-0.05, 0) is 34.1 Å². The highest BCUT2D eigenvalue weighted by Gasteiger charge is 2.17.